The van der Waals surface area contributed by atoms with Gasteiger partial charge in [-0.05, 0) is 6.42 Å². The Balaban J connectivity index is 2.09. The van der Waals surface area contributed by atoms with Crippen molar-refractivity contribution in [1.29, 1.82) is 0 Å². The third-order valence-corrected chi connectivity index (χ3v) is 2.97. The summed E-state index contributed by atoms with van der Waals surface area (Å²) in [7, 11) is 1.69. The summed E-state index contributed by atoms with van der Waals surface area (Å²) >= 11 is 0. The molecule has 2 aromatic rings. The van der Waals surface area contributed by atoms with Gasteiger partial charge >= 0.3 is 5.69 Å². The van der Waals surface area contributed by atoms with Crippen LogP contribution in [0.4, 0.5) is 11.5 Å². The Morgan fingerprint density at radius 3 is 2.76 bits per heavy atom. The fraction of sp³-hybridized carbons (Fsp3) is 0.583. The molecule has 0 spiro atoms. The molecular formula is C12H18N6O3. The van der Waals surface area contributed by atoms with Gasteiger partial charge in [0.05, 0.1) is 4.92 Å². The number of nitrogens with zero attached hydrogens (tertiary/aromatic N) is 5. The van der Waals surface area contributed by atoms with Crippen molar-refractivity contribution < 1.29 is 9.45 Å². The quantitative estimate of drug-likeness (QED) is 0.610. The van der Waals surface area contributed by atoms with Gasteiger partial charge in [-0.2, -0.15) is 10.1 Å². The van der Waals surface area contributed by atoms with Crippen molar-refractivity contribution in [1.82, 2.24) is 19.9 Å². The third kappa shape index (κ3) is 3.36. The van der Waals surface area contributed by atoms with Crippen molar-refractivity contribution >= 4 is 11.5 Å². The molecule has 0 aliphatic rings. The first-order chi connectivity index (χ1) is 10.0. The summed E-state index contributed by atoms with van der Waals surface area (Å²) in [5, 5.41) is 22.3. The van der Waals surface area contributed by atoms with E-state index in [9.17, 15) is 10.1 Å². The zero-order valence-corrected chi connectivity index (χ0v) is 12.3. The zero-order chi connectivity index (χ0) is 15.4. The van der Waals surface area contributed by atoms with Crippen LogP contribution in [0, 0.1) is 17.0 Å². The van der Waals surface area contributed by atoms with Crippen LogP contribution in [0.2, 0.25) is 0 Å². The summed E-state index contributed by atoms with van der Waals surface area (Å²) in [5.74, 6) is 1.48. The van der Waals surface area contributed by atoms with Crippen molar-refractivity contribution in [2.75, 3.05) is 11.9 Å². The van der Waals surface area contributed by atoms with Gasteiger partial charge in [0.1, 0.15) is 5.69 Å². The Hall–Kier alpha value is -2.45. The molecule has 21 heavy (non-hydrogen) atoms. The first kappa shape index (κ1) is 14.9. The van der Waals surface area contributed by atoms with Crippen LogP contribution in [0.5, 0.6) is 0 Å². The molecule has 0 aliphatic heterocycles. The number of aryl methyl sites for hydroxylation is 3. The van der Waals surface area contributed by atoms with Crippen LogP contribution >= 0.6 is 0 Å². The molecular weight excluding hydrogens is 276 g/mol. The lowest BCUT2D eigenvalue weighted by Crippen LogP contribution is -2.10. The maximum atomic E-state index is 11.2. The number of nitrogens with one attached hydrogen (secondary N) is 1. The second kappa shape index (κ2) is 6.33. The Bertz CT molecular complexity index is 633. The molecule has 2 aromatic heterocycles. The maximum absolute atomic E-state index is 11.2. The van der Waals surface area contributed by atoms with E-state index in [1.165, 1.54) is 4.68 Å². The van der Waals surface area contributed by atoms with E-state index in [1.54, 1.807) is 14.0 Å². The molecule has 2 heterocycles. The van der Waals surface area contributed by atoms with E-state index in [0.717, 1.165) is 6.42 Å². The average Bonchev–Trinajstić information content (AvgIpc) is 2.95. The normalized spacial score (nSPS) is 10.8. The van der Waals surface area contributed by atoms with Gasteiger partial charge in [-0.1, -0.05) is 18.5 Å². The molecule has 0 saturated heterocycles. The number of anilines is 1. The van der Waals surface area contributed by atoms with Crippen LogP contribution in [-0.4, -0.2) is 31.4 Å². The molecule has 2 rings (SSSR count). The summed E-state index contributed by atoms with van der Waals surface area (Å²) in [6.07, 6.45) is 1.90. The first-order valence-electron chi connectivity index (χ1n) is 6.76. The van der Waals surface area contributed by atoms with Crippen molar-refractivity contribution in [3.63, 3.8) is 0 Å². The number of nitro groups is 1. The van der Waals surface area contributed by atoms with Crippen molar-refractivity contribution in [2.24, 2.45) is 7.05 Å². The van der Waals surface area contributed by atoms with Crippen LogP contribution in [0.3, 0.4) is 0 Å². The van der Waals surface area contributed by atoms with Crippen LogP contribution in [0.25, 0.3) is 0 Å². The van der Waals surface area contributed by atoms with Gasteiger partial charge in [-0.15, -0.1) is 0 Å². The summed E-state index contributed by atoms with van der Waals surface area (Å²) < 4.78 is 6.38. The predicted molar refractivity (Wildman–Crippen MR) is 75.1 cm³/mol. The molecule has 0 fully saturated rings. The van der Waals surface area contributed by atoms with Gasteiger partial charge in [0.25, 0.3) is 0 Å². The smallest absolute Gasteiger partial charge is 0.333 e. The van der Waals surface area contributed by atoms with Crippen LogP contribution in [-0.2, 0) is 19.9 Å². The molecule has 9 nitrogen and oxygen atoms in total. The van der Waals surface area contributed by atoms with E-state index in [2.05, 4.69) is 20.6 Å². The molecule has 1 N–H and O–H groups in total. The lowest BCUT2D eigenvalue weighted by Gasteiger charge is -2.04. The topological polar surface area (TPSA) is 112 Å². The number of hydrogen-bond acceptors (Lipinski definition) is 7. The largest absolute Gasteiger partial charge is 0.364 e. The molecule has 0 radical (unpaired) electrons. The van der Waals surface area contributed by atoms with Gasteiger partial charge in [-0.25, -0.2) is 4.68 Å². The number of rotatable bonds is 7. The molecule has 0 bridgehead atoms. The predicted octanol–water partition coefficient (Wildman–Crippen LogP) is 1.63. The molecule has 0 amide bonds. The van der Waals surface area contributed by atoms with Crippen molar-refractivity contribution in [3.05, 3.63) is 27.5 Å². The van der Waals surface area contributed by atoms with Gasteiger partial charge in [-0.3, -0.25) is 10.1 Å². The Morgan fingerprint density at radius 1 is 1.43 bits per heavy atom. The van der Waals surface area contributed by atoms with Crippen molar-refractivity contribution in [3.8, 4) is 0 Å². The van der Waals surface area contributed by atoms with E-state index in [1.807, 2.05) is 6.92 Å². The highest BCUT2D eigenvalue weighted by molar-refractivity contribution is 5.59. The average molecular weight is 294 g/mol. The Labute approximate surface area is 121 Å². The van der Waals surface area contributed by atoms with Gasteiger partial charge in [0.2, 0.25) is 11.7 Å². The summed E-state index contributed by atoms with van der Waals surface area (Å²) in [6.45, 7) is 4.14. The molecule has 9 heteroatoms. The number of aromatic nitrogens is 4. The second-order valence-corrected chi connectivity index (χ2v) is 4.68. The monoisotopic (exact) mass is 294 g/mol. The first-order valence-corrected chi connectivity index (χ1v) is 6.76. The minimum absolute atomic E-state index is 0.0450. The second-order valence-electron chi connectivity index (χ2n) is 4.68. The van der Waals surface area contributed by atoms with Gasteiger partial charge in [0.15, 0.2) is 5.82 Å². The van der Waals surface area contributed by atoms with Crippen LogP contribution < -0.4 is 5.32 Å². The van der Waals surface area contributed by atoms with E-state index < -0.39 is 4.92 Å². The fourth-order valence-corrected chi connectivity index (χ4v) is 2.10. The Morgan fingerprint density at radius 2 is 2.19 bits per heavy atom. The summed E-state index contributed by atoms with van der Waals surface area (Å²) in [5.41, 5.74) is 0.548. The fourth-order valence-electron chi connectivity index (χ4n) is 2.10. The molecule has 0 aromatic carbocycles. The SMILES string of the molecule is CCCc1nn(C)c(NCCc2noc(C)n2)c1[N+](=O)[O-]. The molecule has 0 unspecified atom stereocenters. The Kier molecular flexibility index (Phi) is 4.51. The molecule has 0 atom stereocenters. The van der Waals surface area contributed by atoms with E-state index in [4.69, 9.17) is 4.52 Å². The summed E-state index contributed by atoms with van der Waals surface area (Å²) in [4.78, 5) is 14.9. The van der Waals surface area contributed by atoms with Gasteiger partial charge < -0.3 is 9.84 Å². The lowest BCUT2D eigenvalue weighted by atomic mass is 10.2. The highest BCUT2D eigenvalue weighted by Gasteiger charge is 2.25. The summed E-state index contributed by atoms with van der Waals surface area (Å²) in [6, 6.07) is 0. The minimum atomic E-state index is -0.390. The van der Waals surface area contributed by atoms with Crippen LogP contribution in [0.1, 0.15) is 30.8 Å². The minimum Gasteiger partial charge on any atom is -0.364 e. The highest BCUT2D eigenvalue weighted by Crippen LogP contribution is 2.28. The van der Waals surface area contributed by atoms with Gasteiger partial charge in [0, 0.05) is 26.9 Å². The third-order valence-electron chi connectivity index (χ3n) is 2.97. The lowest BCUT2D eigenvalue weighted by molar-refractivity contribution is -0.384. The number of hydrogen-bond donors (Lipinski definition) is 1. The van der Waals surface area contributed by atoms with E-state index in [-0.39, 0.29) is 5.69 Å². The van der Waals surface area contributed by atoms with Crippen molar-refractivity contribution in [2.45, 2.75) is 33.1 Å². The van der Waals surface area contributed by atoms with E-state index >= 15 is 0 Å². The highest BCUT2D eigenvalue weighted by atomic mass is 16.6. The standard InChI is InChI=1S/C12H18N6O3/c1-4-5-9-11(18(19)20)12(17(3)15-9)13-7-6-10-14-8(2)21-16-10/h13H,4-7H2,1-3H3. The van der Waals surface area contributed by atoms with E-state index in [0.29, 0.717) is 42.6 Å². The molecule has 0 aliphatic carbocycles. The van der Waals surface area contributed by atoms with Crippen LogP contribution in [0.15, 0.2) is 4.52 Å². The molecule has 0 saturated carbocycles. The maximum Gasteiger partial charge on any atom is 0.333 e. The zero-order valence-electron chi connectivity index (χ0n) is 12.3. The molecule has 114 valence electrons.